The Kier molecular flexibility index (Phi) is 3.93. The number of aliphatic imine (C=N–C) groups is 1. The van der Waals surface area contributed by atoms with E-state index in [1.165, 1.54) is 0 Å². The van der Waals surface area contributed by atoms with Gasteiger partial charge in [0, 0.05) is 11.1 Å². The minimum Gasteiger partial charge on any atom is -0.183 e. The summed E-state index contributed by atoms with van der Waals surface area (Å²) >= 11 is 0. The zero-order chi connectivity index (χ0) is 14.8. The predicted octanol–water partition coefficient (Wildman–Crippen LogP) is 4.66. The molecule has 0 atom stereocenters. The molecule has 4 heteroatoms. The SMILES string of the molecule is Cc1ccc(C(=NC(F)(F)F)c2ccc(C)cc2)cc1. The molecule has 0 aliphatic carbocycles. The normalized spacial score (nSPS) is 11.2. The van der Waals surface area contributed by atoms with Crippen LogP contribution in [0.1, 0.15) is 22.3 Å². The third-order valence-electron chi connectivity index (χ3n) is 2.89. The van der Waals surface area contributed by atoms with Crippen molar-refractivity contribution < 1.29 is 13.2 Å². The van der Waals surface area contributed by atoms with E-state index < -0.39 is 6.30 Å². The van der Waals surface area contributed by atoms with Gasteiger partial charge >= 0.3 is 6.30 Å². The number of hydrogen-bond donors (Lipinski definition) is 0. The van der Waals surface area contributed by atoms with Crippen LogP contribution in [0.2, 0.25) is 0 Å². The summed E-state index contributed by atoms with van der Waals surface area (Å²) in [7, 11) is 0. The van der Waals surface area contributed by atoms with Gasteiger partial charge in [-0.2, -0.15) is 4.99 Å². The molecular weight excluding hydrogens is 263 g/mol. The number of aryl methyl sites for hydroxylation is 2. The fourth-order valence-corrected chi connectivity index (χ4v) is 1.85. The van der Waals surface area contributed by atoms with E-state index in [-0.39, 0.29) is 5.71 Å². The van der Waals surface area contributed by atoms with Gasteiger partial charge < -0.3 is 0 Å². The first kappa shape index (κ1) is 14.3. The number of hydrogen-bond acceptors (Lipinski definition) is 1. The molecular formula is C16H14F3N. The van der Waals surface area contributed by atoms with Crippen LogP contribution in [0.5, 0.6) is 0 Å². The van der Waals surface area contributed by atoms with Crippen molar-refractivity contribution in [1.29, 1.82) is 0 Å². The highest BCUT2D eigenvalue weighted by Gasteiger charge is 2.28. The van der Waals surface area contributed by atoms with Crippen LogP contribution >= 0.6 is 0 Å². The summed E-state index contributed by atoms with van der Waals surface area (Å²) < 4.78 is 37.9. The second-order valence-corrected chi connectivity index (χ2v) is 4.66. The number of alkyl halides is 3. The topological polar surface area (TPSA) is 12.4 Å². The molecule has 0 heterocycles. The first-order valence-electron chi connectivity index (χ1n) is 6.16. The van der Waals surface area contributed by atoms with Gasteiger partial charge in [-0.25, -0.2) is 0 Å². The first-order valence-corrected chi connectivity index (χ1v) is 6.16. The highest BCUT2D eigenvalue weighted by molar-refractivity contribution is 6.13. The van der Waals surface area contributed by atoms with Crippen molar-refractivity contribution in [3.8, 4) is 0 Å². The maximum atomic E-state index is 12.6. The van der Waals surface area contributed by atoms with Crippen LogP contribution in [0.3, 0.4) is 0 Å². The van der Waals surface area contributed by atoms with Gasteiger partial charge in [0.15, 0.2) is 0 Å². The van der Waals surface area contributed by atoms with Crippen molar-refractivity contribution >= 4 is 5.71 Å². The molecule has 0 aliphatic heterocycles. The number of halogens is 3. The summed E-state index contributed by atoms with van der Waals surface area (Å²) in [6.07, 6.45) is -4.59. The van der Waals surface area contributed by atoms with Crippen molar-refractivity contribution in [2.45, 2.75) is 20.1 Å². The van der Waals surface area contributed by atoms with Gasteiger partial charge in [0.25, 0.3) is 0 Å². The molecule has 0 bridgehead atoms. The molecule has 0 amide bonds. The lowest BCUT2D eigenvalue weighted by atomic mass is 10.0. The van der Waals surface area contributed by atoms with E-state index in [4.69, 9.17) is 0 Å². The summed E-state index contributed by atoms with van der Waals surface area (Å²) in [4.78, 5) is 2.93. The molecule has 1 nitrogen and oxygen atoms in total. The molecule has 0 saturated carbocycles. The fourth-order valence-electron chi connectivity index (χ4n) is 1.85. The van der Waals surface area contributed by atoms with Gasteiger partial charge in [-0.05, 0) is 13.8 Å². The molecule has 0 aliphatic rings. The lowest BCUT2D eigenvalue weighted by Gasteiger charge is -2.10. The van der Waals surface area contributed by atoms with Gasteiger partial charge in [-0.1, -0.05) is 59.7 Å². The minimum atomic E-state index is -4.59. The van der Waals surface area contributed by atoms with E-state index in [1.807, 2.05) is 13.8 Å². The van der Waals surface area contributed by atoms with Crippen molar-refractivity contribution in [2.75, 3.05) is 0 Å². The van der Waals surface area contributed by atoms with Crippen LogP contribution in [0.4, 0.5) is 13.2 Å². The van der Waals surface area contributed by atoms with Crippen molar-refractivity contribution in [2.24, 2.45) is 4.99 Å². The largest absolute Gasteiger partial charge is 0.503 e. The Bertz CT molecular complexity index is 560. The van der Waals surface area contributed by atoms with E-state index in [2.05, 4.69) is 4.99 Å². The third kappa shape index (κ3) is 3.70. The molecule has 0 spiro atoms. The predicted molar refractivity (Wildman–Crippen MR) is 74.1 cm³/mol. The van der Waals surface area contributed by atoms with E-state index in [0.717, 1.165) is 11.1 Å². The average molecular weight is 277 g/mol. The highest BCUT2D eigenvalue weighted by Crippen LogP contribution is 2.21. The summed E-state index contributed by atoms with van der Waals surface area (Å²) in [5.74, 6) is 0. The Morgan fingerprint density at radius 2 is 1.10 bits per heavy atom. The molecule has 2 rings (SSSR count). The second kappa shape index (κ2) is 5.49. The monoisotopic (exact) mass is 277 g/mol. The third-order valence-corrected chi connectivity index (χ3v) is 2.89. The quantitative estimate of drug-likeness (QED) is 0.559. The Morgan fingerprint density at radius 1 is 0.750 bits per heavy atom. The van der Waals surface area contributed by atoms with Gasteiger partial charge in [0.1, 0.15) is 0 Å². The van der Waals surface area contributed by atoms with Crippen molar-refractivity contribution in [3.05, 3.63) is 70.8 Å². The van der Waals surface area contributed by atoms with Crippen LogP contribution < -0.4 is 0 Å². The average Bonchev–Trinajstić information content (AvgIpc) is 2.37. The Labute approximate surface area is 115 Å². The summed E-state index contributed by atoms with van der Waals surface area (Å²) in [6, 6.07) is 13.7. The molecule has 0 aromatic heterocycles. The van der Waals surface area contributed by atoms with Crippen LogP contribution in [0.25, 0.3) is 0 Å². The number of rotatable bonds is 2. The molecule has 0 N–H and O–H groups in total. The lowest BCUT2D eigenvalue weighted by Crippen LogP contribution is -2.12. The molecule has 104 valence electrons. The van der Waals surface area contributed by atoms with E-state index in [1.54, 1.807) is 48.5 Å². The smallest absolute Gasteiger partial charge is 0.183 e. The standard InChI is InChI=1S/C16H14F3N/c1-11-3-7-13(8-4-11)15(20-16(17,18)19)14-9-5-12(2)6-10-14/h3-10H,1-2H3. The Hall–Kier alpha value is -2.10. The molecule has 0 fully saturated rings. The van der Waals surface area contributed by atoms with Crippen LogP contribution in [0, 0.1) is 13.8 Å². The summed E-state index contributed by atoms with van der Waals surface area (Å²) in [5.41, 5.74) is 2.83. The minimum absolute atomic E-state index is 0.0579. The van der Waals surface area contributed by atoms with E-state index in [0.29, 0.717) is 11.1 Å². The van der Waals surface area contributed by atoms with Crippen molar-refractivity contribution in [1.82, 2.24) is 0 Å². The number of benzene rings is 2. The van der Waals surface area contributed by atoms with E-state index >= 15 is 0 Å². The number of nitrogens with zero attached hydrogens (tertiary/aromatic N) is 1. The van der Waals surface area contributed by atoms with Gasteiger partial charge in [0.2, 0.25) is 0 Å². The zero-order valence-corrected chi connectivity index (χ0v) is 11.2. The van der Waals surface area contributed by atoms with Crippen LogP contribution in [0.15, 0.2) is 53.5 Å². The zero-order valence-electron chi connectivity index (χ0n) is 11.2. The summed E-state index contributed by atoms with van der Waals surface area (Å²) in [5, 5.41) is 0. The van der Waals surface area contributed by atoms with Crippen LogP contribution in [-0.4, -0.2) is 12.0 Å². The maximum absolute atomic E-state index is 12.6. The fraction of sp³-hybridized carbons (Fsp3) is 0.188. The molecule has 2 aromatic rings. The second-order valence-electron chi connectivity index (χ2n) is 4.66. The summed E-state index contributed by atoms with van der Waals surface area (Å²) in [6.45, 7) is 3.77. The molecule has 0 saturated heterocycles. The first-order chi connectivity index (χ1) is 9.35. The molecule has 2 aromatic carbocycles. The molecule has 0 unspecified atom stereocenters. The van der Waals surface area contributed by atoms with Crippen LogP contribution in [-0.2, 0) is 0 Å². The van der Waals surface area contributed by atoms with Gasteiger partial charge in [-0.15, -0.1) is 13.2 Å². The van der Waals surface area contributed by atoms with Gasteiger partial charge in [0.05, 0.1) is 5.71 Å². The highest BCUT2D eigenvalue weighted by atomic mass is 19.4. The molecule has 0 radical (unpaired) electrons. The Balaban J connectivity index is 2.53. The van der Waals surface area contributed by atoms with E-state index in [9.17, 15) is 13.2 Å². The lowest BCUT2D eigenvalue weighted by molar-refractivity contribution is -0.119. The maximum Gasteiger partial charge on any atom is 0.503 e. The Morgan fingerprint density at radius 3 is 1.40 bits per heavy atom. The van der Waals surface area contributed by atoms with Gasteiger partial charge in [-0.3, -0.25) is 0 Å². The molecule has 20 heavy (non-hydrogen) atoms. The van der Waals surface area contributed by atoms with Crippen molar-refractivity contribution in [3.63, 3.8) is 0 Å².